The predicted molar refractivity (Wildman–Crippen MR) is 62.4 cm³/mol. The van der Waals surface area contributed by atoms with Gasteiger partial charge in [0.25, 0.3) is 0 Å². The number of ether oxygens (including phenoxy) is 2. The second-order valence-electron chi connectivity index (χ2n) is 3.71. The summed E-state index contributed by atoms with van der Waals surface area (Å²) in [5.41, 5.74) is 0.230. The van der Waals surface area contributed by atoms with Crippen LogP contribution in [0.2, 0.25) is 0 Å². The minimum Gasteiger partial charge on any atom is -0.469 e. The molecule has 0 aliphatic carbocycles. The van der Waals surface area contributed by atoms with E-state index < -0.39 is 23.7 Å². The molecule has 0 radical (unpaired) electrons. The number of carbonyl (C=O) groups excluding carboxylic acids is 2. The molecule has 0 heterocycles. The number of carbonyl (C=O) groups is 2. The first-order valence-corrected chi connectivity index (χ1v) is 5.49. The van der Waals surface area contributed by atoms with Crippen LogP contribution in [0.15, 0.2) is 24.3 Å². The molecule has 1 rings (SSSR count). The van der Waals surface area contributed by atoms with Gasteiger partial charge in [-0.05, 0) is 12.5 Å². The van der Waals surface area contributed by atoms with Gasteiger partial charge in [0.1, 0.15) is 5.82 Å². The summed E-state index contributed by atoms with van der Waals surface area (Å²) in [5.74, 6) is -2.29. The molecule has 98 valence electrons. The molecule has 0 aliphatic rings. The number of hydrogen-bond acceptors (Lipinski definition) is 4. The van der Waals surface area contributed by atoms with Crippen molar-refractivity contribution in [3.05, 3.63) is 35.6 Å². The Kier molecular flexibility index (Phi) is 5.30. The maximum Gasteiger partial charge on any atom is 0.313 e. The van der Waals surface area contributed by atoms with Crippen molar-refractivity contribution in [2.45, 2.75) is 18.8 Å². The zero-order valence-electron chi connectivity index (χ0n) is 10.3. The van der Waals surface area contributed by atoms with Gasteiger partial charge in [-0.1, -0.05) is 18.2 Å². The number of esters is 2. The Bertz CT molecular complexity index is 431. The van der Waals surface area contributed by atoms with E-state index in [1.807, 2.05) is 0 Å². The van der Waals surface area contributed by atoms with Gasteiger partial charge in [-0.25, -0.2) is 4.39 Å². The zero-order valence-corrected chi connectivity index (χ0v) is 10.3. The molecule has 0 saturated carbocycles. The summed E-state index contributed by atoms with van der Waals surface area (Å²) in [6.07, 6.45) is 0.185. The molecule has 0 bridgehead atoms. The summed E-state index contributed by atoms with van der Waals surface area (Å²) in [7, 11) is 2.49. The highest BCUT2D eigenvalue weighted by atomic mass is 19.1. The minimum atomic E-state index is -0.796. The van der Waals surface area contributed by atoms with Crippen LogP contribution in [-0.4, -0.2) is 26.2 Å². The standard InChI is InChI=1S/C13H15FO4/c1-17-12(15)8-7-10(13(16)18-2)9-5-3-4-6-11(9)14/h3-6,10H,7-8H2,1-2H3. The van der Waals surface area contributed by atoms with Crippen LogP contribution in [0.4, 0.5) is 4.39 Å². The van der Waals surface area contributed by atoms with Gasteiger partial charge in [0.15, 0.2) is 0 Å². The highest BCUT2D eigenvalue weighted by molar-refractivity contribution is 5.79. The van der Waals surface area contributed by atoms with E-state index in [2.05, 4.69) is 9.47 Å². The monoisotopic (exact) mass is 254 g/mol. The van der Waals surface area contributed by atoms with E-state index in [1.54, 1.807) is 6.07 Å². The molecule has 5 heteroatoms. The van der Waals surface area contributed by atoms with Crippen LogP contribution in [0.25, 0.3) is 0 Å². The van der Waals surface area contributed by atoms with E-state index in [0.717, 1.165) is 0 Å². The molecule has 0 N–H and O–H groups in total. The van der Waals surface area contributed by atoms with Crippen LogP contribution in [0.3, 0.4) is 0 Å². The van der Waals surface area contributed by atoms with E-state index in [-0.39, 0.29) is 18.4 Å². The van der Waals surface area contributed by atoms with Gasteiger partial charge in [0.2, 0.25) is 0 Å². The predicted octanol–water partition coefficient (Wildman–Crippen LogP) is 2.04. The van der Waals surface area contributed by atoms with Gasteiger partial charge < -0.3 is 9.47 Å². The normalized spacial score (nSPS) is 11.7. The van der Waals surface area contributed by atoms with E-state index >= 15 is 0 Å². The summed E-state index contributed by atoms with van der Waals surface area (Å²) in [6.45, 7) is 0. The Morgan fingerprint density at radius 1 is 1.22 bits per heavy atom. The number of benzene rings is 1. The van der Waals surface area contributed by atoms with Gasteiger partial charge >= 0.3 is 11.9 Å². The third kappa shape index (κ3) is 3.55. The lowest BCUT2D eigenvalue weighted by atomic mass is 9.94. The number of rotatable bonds is 5. The number of hydrogen-bond donors (Lipinski definition) is 0. The first-order chi connectivity index (χ1) is 8.60. The Morgan fingerprint density at radius 2 is 1.89 bits per heavy atom. The lowest BCUT2D eigenvalue weighted by molar-refractivity contribution is -0.144. The Hall–Kier alpha value is -1.91. The average Bonchev–Trinajstić information content (AvgIpc) is 2.40. The van der Waals surface area contributed by atoms with Gasteiger partial charge in [-0.3, -0.25) is 9.59 Å². The molecule has 0 aliphatic heterocycles. The summed E-state index contributed by atoms with van der Waals surface area (Å²) in [4.78, 5) is 22.7. The van der Waals surface area contributed by atoms with Crippen molar-refractivity contribution in [2.75, 3.05) is 14.2 Å². The third-order valence-corrected chi connectivity index (χ3v) is 2.63. The number of halogens is 1. The fraction of sp³-hybridized carbons (Fsp3) is 0.385. The third-order valence-electron chi connectivity index (χ3n) is 2.63. The fourth-order valence-electron chi connectivity index (χ4n) is 1.66. The zero-order chi connectivity index (χ0) is 13.5. The highest BCUT2D eigenvalue weighted by Gasteiger charge is 2.25. The number of methoxy groups -OCH3 is 2. The maximum absolute atomic E-state index is 13.6. The molecule has 0 saturated heterocycles. The largest absolute Gasteiger partial charge is 0.469 e. The van der Waals surface area contributed by atoms with Crippen LogP contribution < -0.4 is 0 Å². The second-order valence-corrected chi connectivity index (χ2v) is 3.71. The van der Waals surface area contributed by atoms with Crippen LogP contribution in [0.1, 0.15) is 24.3 Å². The average molecular weight is 254 g/mol. The van der Waals surface area contributed by atoms with Crippen molar-refractivity contribution in [1.82, 2.24) is 0 Å². The summed E-state index contributed by atoms with van der Waals surface area (Å²) in [5, 5.41) is 0. The lowest BCUT2D eigenvalue weighted by Crippen LogP contribution is -2.17. The van der Waals surface area contributed by atoms with Crippen molar-refractivity contribution in [3.8, 4) is 0 Å². The molecule has 0 spiro atoms. The minimum absolute atomic E-state index is 0.0323. The Balaban J connectivity index is 2.89. The molecule has 0 amide bonds. The molecule has 1 aromatic rings. The van der Waals surface area contributed by atoms with Gasteiger partial charge in [-0.15, -0.1) is 0 Å². The molecule has 0 aromatic heterocycles. The highest BCUT2D eigenvalue weighted by Crippen LogP contribution is 2.25. The summed E-state index contributed by atoms with van der Waals surface area (Å²) >= 11 is 0. The molecule has 1 aromatic carbocycles. The van der Waals surface area contributed by atoms with E-state index in [0.29, 0.717) is 0 Å². The molecule has 0 fully saturated rings. The van der Waals surface area contributed by atoms with E-state index in [1.165, 1.54) is 32.4 Å². The topological polar surface area (TPSA) is 52.6 Å². The van der Waals surface area contributed by atoms with Crippen molar-refractivity contribution in [3.63, 3.8) is 0 Å². The molecule has 4 nitrogen and oxygen atoms in total. The van der Waals surface area contributed by atoms with Crippen molar-refractivity contribution in [2.24, 2.45) is 0 Å². The lowest BCUT2D eigenvalue weighted by Gasteiger charge is -2.15. The van der Waals surface area contributed by atoms with Gasteiger partial charge in [0.05, 0.1) is 20.1 Å². The summed E-state index contributed by atoms with van der Waals surface area (Å²) < 4.78 is 22.7. The Labute approximate surface area is 105 Å². The maximum atomic E-state index is 13.6. The fourth-order valence-corrected chi connectivity index (χ4v) is 1.66. The quantitative estimate of drug-likeness (QED) is 0.754. The second kappa shape index (κ2) is 6.74. The molecule has 1 unspecified atom stereocenters. The van der Waals surface area contributed by atoms with Crippen LogP contribution in [0.5, 0.6) is 0 Å². The van der Waals surface area contributed by atoms with Gasteiger partial charge in [0, 0.05) is 12.0 Å². The van der Waals surface area contributed by atoms with Gasteiger partial charge in [-0.2, -0.15) is 0 Å². The van der Waals surface area contributed by atoms with E-state index in [4.69, 9.17) is 0 Å². The van der Waals surface area contributed by atoms with Crippen LogP contribution in [-0.2, 0) is 19.1 Å². The summed E-state index contributed by atoms with van der Waals surface area (Å²) in [6, 6.07) is 5.94. The molecular formula is C13H15FO4. The Morgan fingerprint density at radius 3 is 2.44 bits per heavy atom. The van der Waals surface area contributed by atoms with Crippen LogP contribution in [0, 0.1) is 5.82 Å². The SMILES string of the molecule is COC(=O)CCC(C(=O)OC)c1ccccc1F. The molecular weight excluding hydrogens is 239 g/mol. The molecule has 18 heavy (non-hydrogen) atoms. The first kappa shape index (κ1) is 14.2. The first-order valence-electron chi connectivity index (χ1n) is 5.49. The molecule has 1 atom stereocenters. The van der Waals surface area contributed by atoms with Crippen LogP contribution >= 0.6 is 0 Å². The van der Waals surface area contributed by atoms with Crippen molar-refractivity contribution >= 4 is 11.9 Å². The smallest absolute Gasteiger partial charge is 0.313 e. The van der Waals surface area contributed by atoms with Crippen molar-refractivity contribution < 1.29 is 23.5 Å². The van der Waals surface area contributed by atoms with E-state index in [9.17, 15) is 14.0 Å². The van der Waals surface area contributed by atoms with Crippen molar-refractivity contribution in [1.29, 1.82) is 0 Å².